The second-order valence-corrected chi connectivity index (χ2v) is 19.7. The van der Waals surface area contributed by atoms with E-state index < -0.39 is 45.9 Å². The van der Waals surface area contributed by atoms with Crippen LogP contribution in [0.25, 0.3) is 0 Å². The largest absolute Gasteiger partial charge is 0.456 e. The number of esters is 2. The van der Waals surface area contributed by atoms with Crippen molar-refractivity contribution >= 4 is 95.7 Å². The molecule has 258 valence electrons. The Morgan fingerprint density at radius 1 is 0.979 bits per heavy atom. The number of rotatable bonds is 8. The topological polar surface area (TPSA) is 127 Å². The zero-order valence-electron chi connectivity index (χ0n) is 27.0. The SMILES string of the molecule is CC(C)c1cc(OC(=O)C2C3CC4C2C(=O)N(C(C)C)C4C3OC(=O)c2cc(I)cc(I)c2I)cc(C2CC3CCC2C3)c1S(=O)(=O)O. The van der Waals surface area contributed by atoms with Gasteiger partial charge in [-0.25, -0.2) is 4.79 Å². The van der Waals surface area contributed by atoms with E-state index in [0.717, 1.165) is 36.4 Å². The Balaban J connectivity index is 1.23. The highest BCUT2D eigenvalue weighted by Crippen LogP contribution is 2.61. The lowest BCUT2D eigenvalue weighted by atomic mass is 9.78. The zero-order chi connectivity index (χ0) is 34.6. The molecule has 2 aromatic rings. The smallest absolute Gasteiger partial charge is 0.339 e. The summed E-state index contributed by atoms with van der Waals surface area (Å²) in [5.41, 5.74) is 1.38. The average molecular weight is 1010 g/mol. The summed E-state index contributed by atoms with van der Waals surface area (Å²) >= 11 is 6.52. The van der Waals surface area contributed by atoms with Crippen molar-refractivity contribution < 1.29 is 36.8 Å². The maximum Gasteiger partial charge on any atom is 0.339 e. The quantitative estimate of drug-likeness (QED) is 0.0954. The fraction of sp³-hybridized carbons (Fsp3) is 0.571. The Morgan fingerprint density at radius 2 is 1.71 bits per heavy atom. The van der Waals surface area contributed by atoms with Crippen molar-refractivity contribution in [3.8, 4) is 5.75 Å². The first-order chi connectivity index (χ1) is 22.6. The van der Waals surface area contributed by atoms with Crippen LogP contribution in [0.1, 0.15) is 93.1 Å². The van der Waals surface area contributed by atoms with Gasteiger partial charge in [0, 0.05) is 22.7 Å². The van der Waals surface area contributed by atoms with Gasteiger partial charge >= 0.3 is 11.9 Å². The first kappa shape index (κ1) is 35.4. The summed E-state index contributed by atoms with van der Waals surface area (Å²) in [4.78, 5) is 43.7. The summed E-state index contributed by atoms with van der Waals surface area (Å²) in [5, 5.41) is 0. The van der Waals surface area contributed by atoms with Crippen molar-refractivity contribution in [2.45, 2.75) is 94.7 Å². The van der Waals surface area contributed by atoms with Gasteiger partial charge in [-0.05, 0) is 172 Å². The van der Waals surface area contributed by atoms with Crippen molar-refractivity contribution in [1.82, 2.24) is 4.90 Å². The van der Waals surface area contributed by atoms with Crippen molar-refractivity contribution in [3.63, 3.8) is 0 Å². The minimum Gasteiger partial charge on any atom is -0.456 e. The number of fused-ring (bicyclic) bond motifs is 3. The average Bonchev–Trinajstić information content (AvgIpc) is 3.81. The number of ether oxygens (including phenoxy) is 2. The molecule has 1 N–H and O–H groups in total. The van der Waals surface area contributed by atoms with Crippen LogP contribution in [0.4, 0.5) is 0 Å². The van der Waals surface area contributed by atoms with Gasteiger partial charge in [-0.3, -0.25) is 14.1 Å². The third kappa shape index (κ3) is 5.84. The van der Waals surface area contributed by atoms with Gasteiger partial charge in [0.05, 0.1) is 23.4 Å². The lowest BCUT2D eigenvalue weighted by Crippen LogP contribution is -2.48. The Morgan fingerprint density at radius 3 is 2.31 bits per heavy atom. The number of hydrogen-bond acceptors (Lipinski definition) is 7. The van der Waals surface area contributed by atoms with Crippen LogP contribution in [-0.4, -0.2) is 53.9 Å². The molecule has 9 nitrogen and oxygen atoms in total. The number of nitrogens with zero attached hydrogens (tertiary/aromatic N) is 1. The van der Waals surface area contributed by atoms with Crippen molar-refractivity contribution in [3.05, 3.63) is 51.7 Å². The molecule has 48 heavy (non-hydrogen) atoms. The van der Waals surface area contributed by atoms with E-state index in [9.17, 15) is 27.4 Å². The van der Waals surface area contributed by atoms with Crippen LogP contribution < -0.4 is 4.74 Å². The Kier molecular flexibility index (Phi) is 9.48. The van der Waals surface area contributed by atoms with Crippen LogP contribution in [0.2, 0.25) is 0 Å². The second-order valence-electron chi connectivity index (χ2n) is 14.8. The van der Waals surface area contributed by atoms with Crippen molar-refractivity contribution in [1.29, 1.82) is 0 Å². The third-order valence-corrected chi connectivity index (χ3v) is 16.2. The molecule has 0 radical (unpaired) electrons. The Hall–Kier alpha value is -1.05. The predicted molar refractivity (Wildman–Crippen MR) is 202 cm³/mol. The molecule has 1 heterocycles. The van der Waals surface area contributed by atoms with E-state index in [-0.39, 0.29) is 46.4 Å². The van der Waals surface area contributed by atoms with Gasteiger partial charge in [0.2, 0.25) is 5.91 Å². The molecule has 0 aromatic heterocycles. The van der Waals surface area contributed by atoms with E-state index in [4.69, 9.17) is 9.47 Å². The predicted octanol–water partition coefficient (Wildman–Crippen LogP) is 7.41. The van der Waals surface area contributed by atoms with Gasteiger partial charge in [-0.15, -0.1) is 0 Å². The molecule has 5 fully saturated rings. The van der Waals surface area contributed by atoms with E-state index in [1.807, 2.05) is 33.8 Å². The summed E-state index contributed by atoms with van der Waals surface area (Å²) in [6.45, 7) is 7.58. The first-order valence-electron chi connectivity index (χ1n) is 16.6. The van der Waals surface area contributed by atoms with Gasteiger partial charge in [-0.2, -0.15) is 8.42 Å². The monoisotopic (exact) mass is 1010 g/mol. The highest BCUT2D eigenvalue weighted by molar-refractivity contribution is 14.1. The lowest BCUT2D eigenvalue weighted by Gasteiger charge is -2.35. The van der Waals surface area contributed by atoms with E-state index in [1.54, 1.807) is 23.1 Å². The third-order valence-electron chi connectivity index (χ3n) is 11.6. The van der Waals surface area contributed by atoms with Crippen LogP contribution in [-0.2, 0) is 24.4 Å². The molecular weight excluding hydrogens is 975 g/mol. The maximum atomic E-state index is 14.3. The molecule has 9 unspecified atom stereocenters. The highest BCUT2D eigenvalue weighted by atomic mass is 127. The molecule has 5 aliphatic rings. The van der Waals surface area contributed by atoms with E-state index in [0.29, 0.717) is 34.9 Å². The minimum atomic E-state index is -4.55. The summed E-state index contributed by atoms with van der Waals surface area (Å²) in [5.74, 6) is -2.36. The molecule has 1 saturated heterocycles. The molecule has 4 saturated carbocycles. The van der Waals surface area contributed by atoms with Crippen molar-refractivity contribution in [2.24, 2.45) is 35.5 Å². The molecule has 4 bridgehead atoms. The number of amides is 1. The maximum absolute atomic E-state index is 14.3. The molecule has 7 rings (SSSR count). The van der Waals surface area contributed by atoms with E-state index >= 15 is 0 Å². The van der Waals surface area contributed by atoms with Crippen LogP contribution >= 0.6 is 67.8 Å². The highest BCUT2D eigenvalue weighted by Gasteiger charge is 2.71. The Bertz CT molecular complexity index is 1830. The number of halogens is 3. The van der Waals surface area contributed by atoms with Gasteiger partial charge in [0.25, 0.3) is 10.1 Å². The number of carbonyl (C=O) groups is 3. The molecular formula is C35H38I3NO8S. The van der Waals surface area contributed by atoms with Crippen molar-refractivity contribution in [2.75, 3.05) is 0 Å². The summed E-state index contributed by atoms with van der Waals surface area (Å²) in [6, 6.07) is 6.50. The summed E-state index contributed by atoms with van der Waals surface area (Å²) in [6.07, 6.45) is 3.88. The van der Waals surface area contributed by atoms with Crippen LogP contribution in [0.15, 0.2) is 29.2 Å². The number of carbonyl (C=O) groups excluding carboxylic acids is 3. The molecule has 1 aliphatic heterocycles. The summed E-state index contributed by atoms with van der Waals surface area (Å²) < 4.78 is 51.1. The minimum absolute atomic E-state index is 0.0493. The number of hydrogen-bond donors (Lipinski definition) is 1. The molecule has 4 aliphatic carbocycles. The molecule has 9 atom stereocenters. The number of likely N-dealkylation sites (tertiary alicyclic amines) is 1. The Labute approximate surface area is 322 Å². The zero-order valence-corrected chi connectivity index (χ0v) is 34.3. The molecule has 2 aromatic carbocycles. The van der Waals surface area contributed by atoms with Crippen LogP contribution in [0, 0.1) is 46.2 Å². The molecule has 13 heteroatoms. The number of benzene rings is 2. The van der Waals surface area contributed by atoms with Crippen LogP contribution in [0.5, 0.6) is 5.75 Å². The van der Waals surface area contributed by atoms with E-state index in [1.165, 1.54) is 0 Å². The van der Waals surface area contributed by atoms with Gasteiger partial charge in [-0.1, -0.05) is 20.3 Å². The fourth-order valence-corrected chi connectivity index (χ4v) is 13.3. The molecule has 0 spiro atoms. The van der Waals surface area contributed by atoms with Crippen LogP contribution in [0.3, 0.4) is 0 Å². The lowest BCUT2D eigenvalue weighted by molar-refractivity contribution is -0.147. The first-order valence-corrected chi connectivity index (χ1v) is 21.3. The van der Waals surface area contributed by atoms with E-state index in [2.05, 4.69) is 67.8 Å². The summed E-state index contributed by atoms with van der Waals surface area (Å²) in [7, 11) is -4.55. The fourth-order valence-electron chi connectivity index (χ4n) is 9.83. The molecule has 1 amide bonds. The van der Waals surface area contributed by atoms with Gasteiger partial charge in [0.15, 0.2) is 0 Å². The van der Waals surface area contributed by atoms with Gasteiger partial charge in [0.1, 0.15) is 16.7 Å². The second kappa shape index (κ2) is 12.9. The standard InChI is InChI=1S/C35H38I3NO8S/c1-14(2)20-11-19(12-22(32(20)48(43,44)45)21-8-16-5-6-17(21)7-16)46-35(42)28-24-13-23-27(28)33(40)39(15(3)4)30(23)31(24)47-34(41)25-9-18(36)10-26(37)29(25)38/h9-12,14-17,21,23-24,27-28,30-31H,5-8,13H2,1-4H3,(H,43,44,45). The normalized spacial score (nSPS) is 31.8. The van der Waals surface area contributed by atoms with Gasteiger partial charge < -0.3 is 14.4 Å².